The number of para-hydroxylation sites is 2. The van der Waals surface area contributed by atoms with E-state index in [0.29, 0.717) is 17.2 Å². The van der Waals surface area contributed by atoms with Gasteiger partial charge in [-0.15, -0.1) is 0 Å². The summed E-state index contributed by atoms with van der Waals surface area (Å²) in [6.07, 6.45) is 1.65. The van der Waals surface area contributed by atoms with Gasteiger partial charge in [-0.25, -0.2) is 0 Å². The molecule has 0 bridgehead atoms. The van der Waals surface area contributed by atoms with E-state index in [1.165, 1.54) is 4.90 Å². The first-order valence-electron chi connectivity index (χ1n) is 10.4. The van der Waals surface area contributed by atoms with Gasteiger partial charge in [0.1, 0.15) is 12.3 Å². The first-order chi connectivity index (χ1) is 16.0. The molecule has 0 saturated carbocycles. The predicted molar refractivity (Wildman–Crippen MR) is 131 cm³/mol. The fraction of sp³-hybridized carbons (Fsp3) is 0.154. The molecule has 2 amide bonds. The van der Waals surface area contributed by atoms with Crippen molar-refractivity contribution in [2.45, 2.75) is 13.0 Å². The van der Waals surface area contributed by atoms with Crippen molar-refractivity contribution in [2.24, 2.45) is 0 Å². The fourth-order valence-corrected chi connectivity index (χ4v) is 4.16. The van der Waals surface area contributed by atoms with Crippen molar-refractivity contribution in [2.75, 3.05) is 18.6 Å². The number of hydrogen-bond acceptors (Lipinski definition) is 4. The summed E-state index contributed by atoms with van der Waals surface area (Å²) in [5.41, 5.74) is 2.30. The van der Waals surface area contributed by atoms with Crippen LogP contribution in [-0.2, 0) is 9.59 Å². The van der Waals surface area contributed by atoms with Gasteiger partial charge in [0, 0.05) is 0 Å². The number of carbonyl (C=O) groups is 2. The molecule has 0 aromatic heterocycles. The lowest BCUT2D eigenvalue weighted by Gasteiger charge is -2.30. The molecule has 0 unspecified atom stereocenters. The molecule has 0 aliphatic carbocycles. The normalized spacial score (nSPS) is 14.9. The molecule has 3 aromatic rings. The van der Waals surface area contributed by atoms with Gasteiger partial charge in [0.05, 0.1) is 23.3 Å². The van der Waals surface area contributed by atoms with Gasteiger partial charge in [-0.05, 0) is 64.3 Å². The van der Waals surface area contributed by atoms with E-state index in [0.717, 1.165) is 15.6 Å². The van der Waals surface area contributed by atoms with Gasteiger partial charge < -0.3 is 14.8 Å². The Morgan fingerprint density at radius 1 is 1.12 bits per heavy atom. The molecule has 33 heavy (non-hydrogen) atoms. The summed E-state index contributed by atoms with van der Waals surface area (Å²) in [5, 5.41) is 2.97. The highest BCUT2D eigenvalue weighted by Gasteiger charge is 2.31. The first kappa shape index (κ1) is 22.6. The summed E-state index contributed by atoms with van der Waals surface area (Å²) in [7, 11) is 1.59. The molecule has 4 rings (SSSR count). The molecule has 0 spiro atoms. The molecule has 0 fully saturated rings. The van der Waals surface area contributed by atoms with E-state index in [2.05, 4.69) is 21.2 Å². The van der Waals surface area contributed by atoms with Crippen LogP contribution in [0.3, 0.4) is 0 Å². The summed E-state index contributed by atoms with van der Waals surface area (Å²) in [4.78, 5) is 27.6. The Kier molecular flexibility index (Phi) is 6.79. The van der Waals surface area contributed by atoms with Crippen LogP contribution in [0.5, 0.6) is 11.5 Å². The van der Waals surface area contributed by atoms with E-state index in [1.54, 1.807) is 31.4 Å². The Morgan fingerprint density at radius 2 is 1.85 bits per heavy atom. The number of amides is 2. The zero-order chi connectivity index (χ0) is 23.4. The van der Waals surface area contributed by atoms with Crippen LogP contribution in [0.2, 0.25) is 0 Å². The molecule has 0 saturated heterocycles. The molecule has 0 radical (unpaired) electrons. The Morgan fingerprint density at radius 3 is 2.58 bits per heavy atom. The summed E-state index contributed by atoms with van der Waals surface area (Å²) in [5.74, 6) is 0.685. The molecule has 3 aromatic carbocycles. The predicted octanol–water partition coefficient (Wildman–Crippen LogP) is 5.10. The zero-order valence-corrected chi connectivity index (χ0v) is 19.8. The van der Waals surface area contributed by atoms with Crippen LogP contribution in [-0.4, -0.2) is 25.5 Å². The van der Waals surface area contributed by atoms with Gasteiger partial charge in [0.2, 0.25) is 5.91 Å². The first-order valence-corrected chi connectivity index (χ1v) is 11.2. The zero-order valence-electron chi connectivity index (χ0n) is 18.2. The number of halogens is 1. The Balaban J connectivity index is 1.58. The Bertz CT molecular complexity index is 1210. The number of methoxy groups -OCH3 is 1. The number of rotatable bonds is 6. The van der Waals surface area contributed by atoms with Crippen LogP contribution >= 0.6 is 15.9 Å². The molecule has 1 heterocycles. The third-order valence-electron chi connectivity index (χ3n) is 5.28. The van der Waals surface area contributed by atoms with Crippen LogP contribution < -0.4 is 19.7 Å². The molecule has 6 nitrogen and oxygen atoms in total. The number of nitrogens with zero attached hydrogens (tertiary/aromatic N) is 1. The maximum Gasteiger partial charge on any atom is 0.294 e. The highest BCUT2D eigenvalue weighted by Crippen LogP contribution is 2.36. The largest absolute Gasteiger partial charge is 0.496 e. The van der Waals surface area contributed by atoms with E-state index in [-0.39, 0.29) is 30.2 Å². The number of hydrogen-bond donors (Lipinski definition) is 1. The fourth-order valence-electron chi connectivity index (χ4n) is 3.60. The highest BCUT2D eigenvalue weighted by molar-refractivity contribution is 9.10. The van der Waals surface area contributed by atoms with Crippen molar-refractivity contribution in [3.05, 3.63) is 94.2 Å². The SMILES string of the molecule is COc1ccc(/C=C2\Oc3ccccc3N(CC(=O)N[C@@H](C)c3ccccc3)C2=O)cc1Br. The average Bonchev–Trinajstić information content (AvgIpc) is 2.82. The second-order valence-electron chi connectivity index (χ2n) is 7.56. The molecule has 1 atom stereocenters. The Labute approximate surface area is 200 Å². The minimum absolute atomic E-state index is 0.125. The third-order valence-corrected chi connectivity index (χ3v) is 5.90. The minimum Gasteiger partial charge on any atom is -0.496 e. The van der Waals surface area contributed by atoms with E-state index < -0.39 is 0 Å². The van der Waals surface area contributed by atoms with Crippen molar-refractivity contribution >= 4 is 39.5 Å². The van der Waals surface area contributed by atoms with Crippen molar-refractivity contribution in [1.82, 2.24) is 5.32 Å². The summed E-state index contributed by atoms with van der Waals surface area (Å²) >= 11 is 3.46. The van der Waals surface area contributed by atoms with E-state index in [9.17, 15) is 9.59 Å². The van der Waals surface area contributed by atoms with Crippen LogP contribution in [0.4, 0.5) is 5.69 Å². The standard InChI is InChI=1S/C26H23BrN2O4/c1-17(19-8-4-3-5-9-19)28-25(30)16-29-21-10-6-7-11-23(21)33-24(26(29)31)15-18-12-13-22(32-2)20(27)14-18/h3-15,17H,16H2,1-2H3,(H,28,30)/b24-15-/t17-/m0/s1. The summed E-state index contributed by atoms with van der Waals surface area (Å²) in [6, 6.07) is 22.1. The van der Waals surface area contributed by atoms with Crippen LogP contribution in [0.1, 0.15) is 24.1 Å². The number of carbonyl (C=O) groups excluding carboxylic acids is 2. The molecular weight excluding hydrogens is 484 g/mol. The lowest BCUT2D eigenvalue weighted by atomic mass is 10.1. The molecular formula is C26H23BrN2O4. The summed E-state index contributed by atoms with van der Waals surface area (Å²) in [6.45, 7) is 1.79. The van der Waals surface area contributed by atoms with Gasteiger partial charge in [0.15, 0.2) is 11.5 Å². The average molecular weight is 507 g/mol. The maximum absolute atomic E-state index is 13.3. The smallest absolute Gasteiger partial charge is 0.294 e. The van der Waals surface area contributed by atoms with E-state index in [1.807, 2.05) is 61.5 Å². The number of fused-ring (bicyclic) bond motifs is 1. The number of benzene rings is 3. The van der Waals surface area contributed by atoms with Crippen LogP contribution in [0, 0.1) is 0 Å². The van der Waals surface area contributed by atoms with Crippen molar-refractivity contribution < 1.29 is 19.1 Å². The van der Waals surface area contributed by atoms with Crippen molar-refractivity contribution in [3.63, 3.8) is 0 Å². The summed E-state index contributed by atoms with van der Waals surface area (Å²) < 4.78 is 11.9. The maximum atomic E-state index is 13.3. The Hall–Kier alpha value is -3.58. The van der Waals surface area contributed by atoms with Gasteiger partial charge in [0.25, 0.3) is 5.91 Å². The molecule has 1 aliphatic heterocycles. The molecule has 1 aliphatic rings. The van der Waals surface area contributed by atoms with E-state index >= 15 is 0 Å². The second-order valence-corrected chi connectivity index (χ2v) is 8.42. The van der Waals surface area contributed by atoms with Crippen LogP contribution in [0.15, 0.2) is 83.0 Å². The van der Waals surface area contributed by atoms with Crippen molar-refractivity contribution in [1.29, 1.82) is 0 Å². The van der Waals surface area contributed by atoms with Gasteiger partial charge in [-0.1, -0.05) is 48.5 Å². The van der Waals surface area contributed by atoms with E-state index in [4.69, 9.17) is 9.47 Å². The lowest BCUT2D eigenvalue weighted by Crippen LogP contribution is -2.44. The molecule has 1 N–H and O–H groups in total. The van der Waals surface area contributed by atoms with Crippen LogP contribution in [0.25, 0.3) is 6.08 Å². The van der Waals surface area contributed by atoms with Gasteiger partial charge >= 0.3 is 0 Å². The number of nitrogens with one attached hydrogen (secondary N) is 1. The lowest BCUT2D eigenvalue weighted by molar-refractivity contribution is -0.123. The molecule has 168 valence electrons. The van der Waals surface area contributed by atoms with Crippen molar-refractivity contribution in [3.8, 4) is 11.5 Å². The minimum atomic E-state index is -0.386. The topological polar surface area (TPSA) is 67.9 Å². The second kappa shape index (κ2) is 9.92. The monoisotopic (exact) mass is 506 g/mol. The quantitative estimate of drug-likeness (QED) is 0.472. The highest BCUT2D eigenvalue weighted by atomic mass is 79.9. The third kappa shape index (κ3) is 5.09. The number of ether oxygens (including phenoxy) is 2. The number of anilines is 1. The van der Waals surface area contributed by atoms with Gasteiger partial charge in [-0.2, -0.15) is 0 Å². The molecule has 7 heteroatoms. The van der Waals surface area contributed by atoms with Gasteiger partial charge in [-0.3, -0.25) is 14.5 Å².